The Morgan fingerprint density at radius 3 is 2.38 bits per heavy atom. The number of nitrogens with one attached hydrogen (secondary N) is 1. The molecule has 0 radical (unpaired) electrons. The van der Waals surface area contributed by atoms with Gasteiger partial charge in [-0.15, -0.1) is 0 Å². The number of rotatable bonds is 9. The lowest BCUT2D eigenvalue weighted by Gasteiger charge is -2.06. The van der Waals surface area contributed by atoms with Crippen molar-refractivity contribution in [3.63, 3.8) is 0 Å². The Balaban J connectivity index is 1.81. The van der Waals surface area contributed by atoms with Crippen molar-refractivity contribution in [2.24, 2.45) is 14.1 Å². The zero-order valence-electron chi connectivity index (χ0n) is 15.2. The molecule has 24 heavy (non-hydrogen) atoms. The molecular weight excluding hydrogens is 298 g/mol. The summed E-state index contributed by atoms with van der Waals surface area (Å²) < 4.78 is 3.64. The first kappa shape index (κ1) is 18.2. The van der Waals surface area contributed by atoms with Crippen LogP contribution < -0.4 is 9.88 Å². The predicted molar refractivity (Wildman–Crippen MR) is 98.1 cm³/mol. The Morgan fingerprint density at radius 2 is 1.75 bits per heavy atom. The standard InChI is InChI=1S/C20H29N3O/c1-4-5-6-7-8-9-10-17-11-13-18(14-12-17)21-19(24)20-22(2)15-16-23(20)3/h11-16H,4-10H2,1-3H3/p+1. The van der Waals surface area contributed by atoms with Gasteiger partial charge in [0.2, 0.25) is 0 Å². The molecule has 0 bridgehead atoms. The van der Waals surface area contributed by atoms with Gasteiger partial charge in [-0.2, -0.15) is 0 Å². The normalized spacial score (nSPS) is 10.8. The second-order valence-corrected chi connectivity index (χ2v) is 6.51. The fraction of sp³-hybridized carbons (Fsp3) is 0.500. The van der Waals surface area contributed by atoms with Crippen LogP contribution >= 0.6 is 0 Å². The summed E-state index contributed by atoms with van der Waals surface area (Å²) in [5.41, 5.74) is 2.18. The molecule has 0 fully saturated rings. The number of carbonyl (C=O) groups excluding carboxylic acids is 1. The van der Waals surface area contributed by atoms with Crippen LogP contribution in [0.25, 0.3) is 0 Å². The maximum Gasteiger partial charge on any atom is 0.347 e. The van der Waals surface area contributed by atoms with Crippen LogP contribution in [-0.4, -0.2) is 10.5 Å². The van der Waals surface area contributed by atoms with E-state index in [9.17, 15) is 4.79 Å². The van der Waals surface area contributed by atoms with E-state index in [1.165, 1.54) is 44.1 Å². The van der Waals surface area contributed by atoms with Crippen molar-refractivity contribution in [2.45, 2.75) is 51.9 Å². The predicted octanol–water partition coefficient (Wildman–Crippen LogP) is 4.00. The van der Waals surface area contributed by atoms with Crippen molar-refractivity contribution in [2.75, 3.05) is 5.32 Å². The van der Waals surface area contributed by atoms with E-state index >= 15 is 0 Å². The summed E-state index contributed by atoms with van der Waals surface area (Å²) in [6.45, 7) is 2.25. The average Bonchev–Trinajstić information content (AvgIpc) is 2.91. The van der Waals surface area contributed by atoms with Gasteiger partial charge in [0, 0.05) is 5.69 Å². The van der Waals surface area contributed by atoms with Crippen LogP contribution in [0, 0.1) is 0 Å². The second kappa shape index (κ2) is 9.26. The third-order valence-corrected chi connectivity index (χ3v) is 4.42. The zero-order chi connectivity index (χ0) is 17.4. The molecule has 1 amide bonds. The first-order valence-electron chi connectivity index (χ1n) is 9.03. The van der Waals surface area contributed by atoms with E-state index in [1.54, 1.807) is 0 Å². The van der Waals surface area contributed by atoms with Crippen LogP contribution in [-0.2, 0) is 20.5 Å². The third-order valence-electron chi connectivity index (χ3n) is 4.42. The van der Waals surface area contributed by atoms with Gasteiger partial charge >= 0.3 is 11.7 Å². The zero-order valence-corrected chi connectivity index (χ0v) is 15.2. The Bertz CT molecular complexity index is 624. The molecule has 1 N–H and O–H groups in total. The molecule has 1 aromatic carbocycles. The van der Waals surface area contributed by atoms with Gasteiger partial charge in [0.25, 0.3) is 0 Å². The summed E-state index contributed by atoms with van der Waals surface area (Å²) in [4.78, 5) is 12.3. The number of unbranched alkanes of at least 4 members (excludes halogenated alkanes) is 5. The molecule has 0 spiro atoms. The molecular formula is C20H30N3O+. The molecule has 0 saturated carbocycles. The van der Waals surface area contributed by atoms with Crippen LogP contribution in [0.15, 0.2) is 36.7 Å². The molecule has 2 rings (SSSR count). The number of hydrogen-bond donors (Lipinski definition) is 1. The topological polar surface area (TPSA) is 37.9 Å². The second-order valence-electron chi connectivity index (χ2n) is 6.51. The van der Waals surface area contributed by atoms with Gasteiger partial charge in [-0.05, 0) is 30.5 Å². The molecule has 4 heteroatoms. The number of amides is 1. The fourth-order valence-electron chi connectivity index (χ4n) is 2.96. The molecule has 0 unspecified atom stereocenters. The van der Waals surface area contributed by atoms with Crippen molar-refractivity contribution in [1.82, 2.24) is 4.57 Å². The smallest absolute Gasteiger partial charge is 0.315 e. The number of nitrogens with zero attached hydrogens (tertiary/aromatic N) is 2. The Kier molecular flexibility index (Phi) is 7.04. The number of hydrogen-bond acceptors (Lipinski definition) is 1. The number of imidazole rings is 1. The fourth-order valence-corrected chi connectivity index (χ4v) is 2.96. The van der Waals surface area contributed by atoms with Gasteiger partial charge in [-0.25, -0.2) is 9.13 Å². The number of aromatic nitrogens is 2. The lowest BCUT2D eigenvalue weighted by molar-refractivity contribution is -0.672. The minimum absolute atomic E-state index is 0.0892. The highest BCUT2D eigenvalue weighted by molar-refractivity contribution is 6.00. The SMILES string of the molecule is CCCCCCCCc1ccc(NC(=O)c2n(C)cc[n+]2C)cc1. The van der Waals surface area contributed by atoms with Crippen molar-refractivity contribution >= 4 is 11.6 Å². The van der Waals surface area contributed by atoms with E-state index in [4.69, 9.17) is 0 Å². The molecule has 0 atom stereocenters. The van der Waals surface area contributed by atoms with Crippen LogP contribution in [0.2, 0.25) is 0 Å². The van der Waals surface area contributed by atoms with E-state index in [-0.39, 0.29) is 5.91 Å². The first-order chi connectivity index (χ1) is 11.6. The van der Waals surface area contributed by atoms with E-state index in [0.29, 0.717) is 5.82 Å². The van der Waals surface area contributed by atoms with Gasteiger partial charge in [-0.3, -0.25) is 4.79 Å². The summed E-state index contributed by atoms with van der Waals surface area (Å²) in [6.07, 6.45) is 12.8. The summed E-state index contributed by atoms with van der Waals surface area (Å²) in [6, 6.07) is 8.22. The number of anilines is 1. The first-order valence-corrected chi connectivity index (χ1v) is 9.03. The van der Waals surface area contributed by atoms with E-state index in [2.05, 4.69) is 24.4 Å². The van der Waals surface area contributed by atoms with Gasteiger partial charge in [0.1, 0.15) is 12.4 Å². The van der Waals surface area contributed by atoms with Crippen LogP contribution in [0.4, 0.5) is 5.69 Å². The number of carbonyl (C=O) groups is 1. The summed E-state index contributed by atoms with van der Waals surface area (Å²) in [5.74, 6) is 0.542. The Morgan fingerprint density at radius 1 is 1.08 bits per heavy atom. The highest BCUT2D eigenvalue weighted by atomic mass is 16.2. The van der Waals surface area contributed by atoms with E-state index in [0.717, 1.165) is 12.1 Å². The lowest BCUT2D eigenvalue weighted by atomic mass is 10.0. The van der Waals surface area contributed by atoms with E-state index in [1.807, 2.05) is 47.8 Å². The van der Waals surface area contributed by atoms with Crippen molar-refractivity contribution in [3.05, 3.63) is 48.0 Å². The molecule has 0 aliphatic heterocycles. The minimum atomic E-state index is -0.0892. The monoisotopic (exact) mass is 328 g/mol. The van der Waals surface area contributed by atoms with Gasteiger partial charge < -0.3 is 5.32 Å². The highest BCUT2D eigenvalue weighted by Gasteiger charge is 2.20. The van der Waals surface area contributed by atoms with Gasteiger partial charge in [-0.1, -0.05) is 51.2 Å². The van der Waals surface area contributed by atoms with Crippen molar-refractivity contribution in [1.29, 1.82) is 0 Å². The summed E-state index contributed by atoms with van der Waals surface area (Å²) in [7, 11) is 3.75. The van der Waals surface area contributed by atoms with Crippen molar-refractivity contribution < 1.29 is 9.36 Å². The molecule has 4 nitrogen and oxygen atoms in total. The maximum absolute atomic E-state index is 12.3. The lowest BCUT2D eigenvalue weighted by Crippen LogP contribution is -2.37. The molecule has 0 aliphatic carbocycles. The number of benzene rings is 1. The summed E-state index contributed by atoms with van der Waals surface area (Å²) >= 11 is 0. The molecule has 1 aromatic heterocycles. The average molecular weight is 328 g/mol. The van der Waals surface area contributed by atoms with Crippen LogP contribution in [0.3, 0.4) is 0 Å². The maximum atomic E-state index is 12.3. The molecule has 130 valence electrons. The van der Waals surface area contributed by atoms with E-state index < -0.39 is 0 Å². The minimum Gasteiger partial charge on any atom is -0.315 e. The van der Waals surface area contributed by atoms with Gasteiger partial charge in [0.15, 0.2) is 0 Å². The molecule has 2 aromatic rings. The van der Waals surface area contributed by atoms with Crippen LogP contribution in [0.5, 0.6) is 0 Å². The Labute approximate surface area is 145 Å². The quantitative estimate of drug-likeness (QED) is 0.548. The summed E-state index contributed by atoms with van der Waals surface area (Å²) in [5, 5.41) is 2.96. The molecule has 1 heterocycles. The number of aryl methyl sites for hydroxylation is 3. The van der Waals surface area contributed by atoms with Gasteiger partial charge in [0.05, 0.1) is 14.1 Å². The Hall–Kier alpha value is -2.10. The third kappa shape index (κ3) is 5.22. The highest BCUT2D eigenvalue weighted by Crippen LogP contribution is 2.14. The molecule has 0 aliphatic rings. The van der Waals surface area contributed by atoms with Crippen molar-refractivity contribution in [3.8, 4) is 0 Å². The largest absolute Gasteiger partial charge is 0.347 e. The molecule has 0 saturated heterocycles. The van der Waals surface area contributed by atoms with Crippen LogP contribution in [0.1, 0.15) is 61.6 Å².